The van der Waals surface area contributed by atoms with Gasteiger partial charge in [-0.1, -0.05) is 74.4 Å². The number of hydrogen-bond acceptors (Lipinski definition) is 1. The van der Waals surface area contributed by atoms with Crippen LogP contribution in [0.3, 0.4) is 0 Å². The second kappa shape index (κ2) is 14.4. The maximum atomic E-state index is 9.95. The number of rotatable bonds is 9. The first-order valence-electron chi connectivity index (χ1n) is 6.18. The van der Waals surface area contributed by atoms with Crippen LogP contribution >= 0.6 is 0 Å². The third-order valence-electron chi connectivity index (χ3n) is 2.08. The molecule has 0 aromatic rings. The fraction of sp³-hybridized carbons (Fsp3) is 0.312. The molecular weight excluding hydrogens is 208 g/mol. The topological polar surface area (TPSA) is 17.1 Å². The number of allylic oxidation sites excluding steroid dienone is 10. The molecule has 0 aliphatic rings. The second-order valence-electron chi connectivity index (χ2n) is 3.60. The zero-order valence-electron chi connectivity index (χ0n) is 10.6. The standard InChI is InChI=1S/C16H22O/c1-2-3-4-5-6-7-8-9-10-11-12-13-14-15-16-17/h6-16H,2-5H2,1H3/b7-6+,9-8+,11-10+,13-12+,15-14+. The van der Waals surface area contributed by atoms with Crippen molar-refractivity contribution in [1.82, 2.24) is 0 Å². The number of unbranched alkanes of at least 4 members (excludes halogenated alkanes) is 3. The van der Waals surface area contributed by atoms with Gasteiger partial charge in [0, 0.05) is 0 Å². The van der Waals surface area contributed by atoms with Gasteiger partial charge in [0.1, 0.15) is 6.29 Å². The number of carbonyl (C=O) groups is 1. The van der Waals surface area contributed by atoms with Crippen LogP contribution < -0.4 is 0 Å². The highest BCUT2D eigenvalue weighted by molar-refractivity contribution is 5.65. The SMILES string of the molecule is CCCCC/C=C/C=C/C=C/C=C/C=C/C=O. The second-order valence-corrected chi connectivity index (χ2v) is 3.60. The molecule has 0 fully saturated rings. The van der Waals surface area contributed by atoms with E-state index < -0.39 is 0 Å². The van der Waals surface area contributed by atoms with E-state index >= 15 is 0 Å². The van der Waals surface area contributed by atoms with Crippen molar-refractivity contribution in [2.75, 3.05) is 0 Å². The van der Waals surface area contributed by atoms with Gasteiger partial charge < -0.3 is 0 Å². The largest absolute Gasteiger partial charge is 0.299 e. The molecule has 0 unspecified atom stereocenters. The molecule has 1 heteroatoms. The van der Waals surface area contributed by atoms with Crippen molar-refractivity contribution in [3.8, 4) is 0 Å². The first-order valence-corrected chi connectivity index (χ1v) is 6.18. The minimum Gasteiger partial charge on any atom is -0.299 e. The van der Waals surface area contributed by atoms with E-state index in [2.05, 4.69) is 19.1 Å². The van der Waals surface area contributed by atoms with Gasteiger partial charge in [0.25, 0.3) is 0 Å². The molecule has 0 bridgehead atoms. The van der Waals surface area contributed by atoms with Crippen LogP contribution in [-0.4, -0.2) is 6.29 Å². The summed E-state index contributed by atoms with van der Waals surface area (Å²) in [4.78, 5) is 9.95. The molecule has 0 aliphatic heterocycles. The quantitative estimate of drug-likeness (QED) is 0.246. The molecule has 0 saturated heterocycles. The van der Waals surface area contributed by atoms with Crippen molar-refractivity contribution >= 4 is 6.29 Å². The Kier molecular flexibility index (Phi) is 13.0. The average Bonchev–Trinajstić information content (AvgIpc) is 2.35. The summed E-state index contributed by atoms with van der Waals surface area (Å²) in [6.45, 7) is 2.21. The Morgan fingerprint density at radius 2 is 1.24 bits per heavy atom. The van der Waals surface area contributed by atoms with Gasteiger partial charge in [-0.3, -0.25) is 4.79 Å². The van der Waals surface area contributed by atoms with Crippen LogP contribution in [-0.2, 0) is 4.79 Å². The normalized spacial score (nSPS) is 13.0. The third-order valence-corrected chi connectivity index (χ3v) is 2.08. The molecule has 0 spiro atoms. The number of aldehydes is 1. The van der Waals surface area contributed by atoms with Gasteiger partial charge in [0.05, 0.1) is 0 Å². The molecule has 1 nitrogen and oxygen atoms in total. The van der Waals surface area contributed by atoms with E-state index in [1.165, 1.54) is 25.3 Å². The Bertz CT molecular complexity index is 303. The lowest BCUT2D eigenvalue weighted by molar-refractivity contribution is -0.104. The first kappa shape index (κ1) is 15.4. The fourth-order valence-electron chi connectivity index (χ4n) is 1.18. The Labute approximate surface area is 105 Å². The summed E-state index contributed by atoms with van der Waals surface area (Å²) in [7, 11) is 0. The van der Waals surface area contributed by atoms with E-state index in [4.69, 9.17) is 0 Å². The van der Waals surface area contributed by atoms with Crippen molar-refractivity contribution in [3.05, 3.63) is 60.8 Å². The highest BCUT2D eigenvalue weighted by Gasteiger charge is 1.79. The van der Waals surface area contributed by atoms with E-state index in [1.807, 2.05) is 36.5 Å². The summed E-state index contributed by atoms with van der Waals surface area (Å²) in [5.41, 5.74) is 0. The Hall–Kier alpha value is -1.63. The highest BCUT2D eigenvalue weighted by Crippen LogP contribution is 1.99. The predicted molar refractivity (Wildman–Crippen MR) is 75.9 cm³/mol. The smallest absolute Gasteiger partial charge is 0.142 e. The molecule has 0 atom stereocenters. The summed E-state index contributed by atoms with van der Waals surface area (Å²) < 4.78 is 0. The molecule has 0 N–H and O–H groups in total. The van der Waals surface area contributed by atoms with Crippen molar-refractivity contribution in [2.45, 2.75) is 32.6 Å². The zero-order valence-corrected chi connectivity index (χ0v) is 10.6. The minimum absolute atomic E-state index is 0.761. The summed E-state index contributed by atoms with van der Waals surface area (Å²) in [6, 6.07) is 0. The van der Waals surface area contributed by atoms with E-state index in [-0.39, 0.29) is 0 Å². The van der Waals surface area contributed by atoms with Crippen LogP contribution in [0.1, 0.15) is 32.6 Å². The van der Waals surface area contributed by atoms with E-state index in [0.29, 0.717) is 0 Å². The van der Waals surface area contributed by atoms with Crippen molar-refractivity contribution < 1.29 is 4.79 Å². The molecule has 0 aliphatic carbocycles. The molecule has 0 aromatic heterocycles. The lowest BCUT2D eigenvalue weighted by Crippen LogP contribution is -1.69. The zero-order chi connectivity index (χ0) is 12.6. The molecule has 0 saturated carbocycles. The van der Waals surface area contributed by atoms with Gasteiger partial charge in [0.15, 0.2) is 0 Å². The molecule has 17 heavy (non-hydrogen) atoms. The summed E-state index contributed by atoms with van der Waals surface area (Å²) in [6.07, 6.45) is 24.8. The van der Waals surface area contributed by atoms with Crippen molar-refractivity contribution in [3.63, 3.8) is 0 Å². The van der Waals surface area contributed by atoms with Crippen LogP contribution in [0.4, 0.5) is 0 Å². The Morgan fingerprint density at radius 3 is 1.76 bits per heavy atom. The summed E-state index contributed by atoms with van der Waals surface area (Å²) in [5.74, 6) is 0. The molecule has 0 aromatic carbocycles. The predicted octanol–water partition coefficient (Wildman–Crippen LogP) is 4.55. The van der Waals surface area contributed by atoms with E-state index in [1.54, 1.807) is 6.08 Å². The molecule has 0 radical (unpaired) electrons. The highest BCUT2D eigenvalue weighted by atomic mass is 16.1. The fourth-order valence-corrected chi connectivity index (χ4v) is 1.18. The van der Waals surface area contributed by atoms with Crippen LogP contribution in [0.5, 0.6) is 0 Å². The minimum atomic E-state index is 0.761. The van der Waals surface area contributed by atoms with Gasteiger partial charge in [-0.15, -0.1) is 0 Å². The first-order chi connectivity index (χ1) is 8.41. The van der Waals surface area contributed by atoms with E-state index in [9.17, 15) is 4.79 Å². The molecular formula is C16H22O. The third kappa shape index (κ3) is 14.4. The van der Waals surface area contributed by atoms with Gasteiger partial charge in [-0.05, 0) is 18.9 Å². The van der Waals surface area contributed by atoms with Gasteiger partial charge in [0.2, 0.25) is 0 Å². The molecule has 0 heterocycles. The van der Waals surface area contributed by atoms with Crippen LogP contribution in [0.2, 0.25) is 0 Å². The number of hydrogen-bond donors (Lipinski definition) is 0. The molecule has 0 rings (SSSR count). The Morgan fingerprint density at radius 1 is 0.706 bits per heavy atom. The van der Waals surface area contributed by atoms with Crippen molar-refractivity contribution in [1.29, 1.82) is 0 Å². The molecule has 92 valence electrons. The van der Waals surface area contributed by atoms with Gasteiger partial charge in [-0.2, -0.15) is 0 Å². The average molecular weight is 230 g/mol. The van der Waals surface area contributed by atoms with Gasteiger partial charge >= 0.3 is 0 Å². The summed E-state index contributed by atoms with van der Waals surface area (Å²) in [5, 5.41) is 0. The molecule has 0 amide bonds. The van der Waals surface area contributed by atoms with Crippen LogP contribution in [0.25, 0.3) is 0 Å². The maximum absolute atomic E-state index is 9.95. The van der Waals surface area contributed by atoms with Crippen LogP contribution in [0.15, 0.2) is 60.8 Å². The lowest BCUT2D eigenvalue weighted by Gasteiger charge is -1.89. The van der Waals surface area contributed by atoms with E-state index in [0.717, 1.165) is 12.7 Å². The van der Waals surface area contributed by atoms with Crippen LogP contribution in [0, 0.1) is 0 Å². The Balaban J connectivity index is 3.58. The number of carbonyl (C=O) groups excluding carboxylic acids is 1. The monoisotopic (exact) mass is 230 g/mol. The lowest BCUT2D eigenvalue weighted by atomic mass is 10.2. The van der Waals surface area contributed by atoms with Gasteiger partial charge in [-0.25, -0.2) is 0 Å². The van der Waals surface area contributed by atoms with Crippen molar-refractivity contribution in [2.24, 2.45) is 0 Å². The maximum Gasteiger partial charge on any atom is 0.142 e. The summed E-state index contributed by atoms with van der Waals surface area (Å²) >= 11 is 0.